The van der Waals surface area contributed by atoms with E-state index in [4.69, 9.17) is 0 Å². The van der Waals surface area contributed by atoms with Gasteiger partial charge in [-0.2, -0.15) is 0 Å². The molecule has 2 aromatic carbocycles. The molecular formula is C19H17FN2O3. The second kappa shape index (κ2) is 5.65. The van der Waals surface area contributed by atoms with E-state index in [2.05, 4.69) is 5.32 Å². The van der Waals surface area contributed by atoms with Crippen LogP contribution in [0.4, 0.5) is 10.1 Å². The van der Waals surface area contributed by atoms with E-state index in [0.29, 0.717) is 6.42 Å². The lowest BCUT2D eigenvalue weighted by molar-refractivity contribution is -0.384. The van der Waals surface area contributed by atoms with E-state index in [1.54, 1.807) is 18.2 Å². The third kappa shape index (κ3) is 2.49. The van der Waals surface area contributed by atoms with Crippen LogP contribution in [0.25, 0.3) is 0 Å². The van der Waals surface area contributed by atoms with Crippen molar-refractivity contribution >= 4 is 11.6 Å². The Hall–Kier alpha value is -2.76. The normalized spacial score (nSPS) is 20.0. The van der Waals surface area contributed by atoms with E-state index >= 15 is 0 Å². The van der Waals surface area contributed by atoms with Crippen molar-refractivity contribution in [1.82, 2.24) is 5.32 Å². The maximum Gasteiger partial charge on any atom is 0.269 e. The molecule has 0 heterocycles. The average molecular weight is 340 g/mol. The lowest BCUT2D eigenvalue weighted by atomic mass is 9.63. The van der Waals surface area contributed by atoms with Gasteiger partial charge in [0.25, 0.3) is 5.69 Å². The maximum absolute atomic E-state index is 13.2. The minimum Gasteiger partial charge on any atom is -0.348 e. The SMILES string of the molecule is O=C(NC1Cc2cc(F)ccc21)C1(c2ccc([N+](=O)[O-])cc2)CCC1. The Bertz CT molecular complexity index is 859. The Kier molecular flexibility index (Phi) is 3.56. The molecule has 0 aliphatic heterocycles. The van der Waals surface area contributed by atoms with Crippen LogP contribution in [0.5, 0.6) is 0 Å². The second-order valence-corrected chi connectivity index (χ2v) is 6.81. The summed E-state index contributed by atoms with van der Waals surface area (Å²) in [6, 6.07) is 10.8. The molecule has 1 atom stereocenters. The van der Waals surface area contributed by atoms with Gasteiger partial charge >= 0.3 is 0 Å². The monoisotopic (exact) mass is 340 g/mol. The van der Waals surface area contributed by atoms with Gasteiger partial charge in [0, 0.05) is 12.1 Å². The molecule has 1 amide bonds. The molecule has 1 saturated carbocycles. The zero-order chi connectivity index (χ0) is 17.6. The largest absolute Gasteiger partial charge is 0.348 e. The fourth-order valence-electron chi connectivity index (χ4n) is 3.79. The molecule has 0 spiro atoms. The van der Waals surface area contributed by atoms with Gasteiger partial charge in [-0.15, -0.1) is 0 Å². The minimum atomic E-state index is -0.606. The first-order chi connectivity index (χ1) is 12.0. The van der Waals surface area contributed by atoms with E-state index in [0.717, 1.165) is 36.0 Å². The number of nitro groups is 1. The number of nitrogens with zero attached hydrogens (tertiary/aromatic N) is 1. The van der Waals surface area contributed by atoms with E-state index in [1.807, 2.05) is 0 Å². The number of carbonyl (C=O) groups is 1. The molecule has 25 heavy (non-hydrogen) atoms. The number of halogens is 1. The summed E-state index contributed by atoms with van der Waals surface area (Å²) in [5.41, 5.74) is 2.13. The lowest BCUT2D eigenvalue weighted by Crippen LogP contribution is -2.51. The van der Waals surface area contributed by atoms with Crippen molar-refractivity contribution in [3.8, 4) is 0 Å². The van der Waals surface area contributed by atoms with Crippen molar-refractivity contribution in [2.45, 2.75) is 37.1 Å². The zero-order valence-corrected chi connectivity index (χ0v) is 13.5. The standard InChI is InChI=1S/C19H17FN2O3/c20-14-4-7-16-12(10-14)11-17(16)21-18(23)19(8-1-9-19)13-2-5-15(6-3-13)22(24)25/h2-7,10,17H,1,8-9,11H2,(H,21,23). The fourth-order valence-corrected chi connectivity index (χ4v) is 3.79. The van der Waals surface area contributed by atoms with Crippen molar-refractivity contribution in [2.75, 3.05) is 0 Å². The predicted octanol–water partition coefficient (Wildman–Crippen LogP) is 3.57. The zero-order valence-electron chi connectivity index (χ0n) is 13.5. The number of nitro benzene ring substituents is 1. The molecule has 1 unspecified atom stereocenters. The van der Waals surface area contributed by atoms with Crippen LogP contribution >= 0.6 is 0 Å². The Balaban J connectivity index is 1.53. The number of hydrogen-bond donors (Lipinski definition) is 1. The molecule has 1 N–H and O–H groups in total. The summed E-state index contributed by atoms with van der Waals surface area (Å²) < 4.78 is 13.2. The summed E-state index contributed by atoms with van der Waals surface area (Å²) in [5.74, 6) is -0.308. The van der Waals surface area contributed by atoms with Gasteiger partial charge < -0.3 is 5.32 Å². The van der Waals surface area contributed by atoms with Crippen LogP contribution in [-0.4, -0.2) is 10.8 Å². The first kappa shape index (κ1) is 15.7. The topological polar surface area (TPSA) is 72.2 Å². The van der Waals surface area contributed by atoms with Gasteiger partial charge in [-0.25, -0.2) is 4.39 Å². The first-order valence-electron chi connectivity index (χ1n) is 8.34. The van der Waals surface area contributed by atoms with Crippen molar-refractivity contribution < 1.29 is 14.1 Å². The van der Waals surface area contributed by atoms with Crippen LogP contribution < -0.4 is 5.32 Å². The van der Waals surface area contributed by atoms with Gasteiger partial charge in [-0.3, -0.25) is 14.9 Å². The Labute approximate surface area is 144 Å². The predicted molar refractivity (Wildman–Crippen MR) is 89.6 cm³/mol. The van der Waals surface area contributed by atoms with Gasteiger partial charge in [0.1, 0.15) is 5.82 Å². The molecule has 128 valence electrons. The quantitative estimate of drug-likeness (QED) is 0.683. The highest BCUT2D eigenvalue weighted by Gasteiger charge is 2.47. The third-order valence-corrected chi connectivity index (χ3v) is 5.48. The summed E-state index contributed by atoms with van der Waals surface area (Å²) >= 11 is 0. The van der Waals surface area contributed by atoms with Gasteiger partial charge in [0.2, 0.25) is 5.91 Å². The maximum atomic E-state index is 13.2. The number of amides is 1. The molecule has 0 bridgehead atoms. The second-order valence-electron chi connectivity index (χ2n) is 6.81. The van der Waals surface area contributed by atoms with Crippen LogP contribution in [0.15, 0.2) is 42.5 Å². The van der Waals surface area contributed by atoms with Gasteiger partial charge in [-0.05, 0) is 48.1 Å². The van der Waals surface area contributed by atoms with Gasteiger partial charge in [-0.1, -0.05) is 24.6 Å². The number of non-ortho nitro benzene ring substituents is 1. The molecule has 4 rings (SSSR count). The Morgan fingerprint density at radius 1 is 1.20 bits per heavy atom. The van der Waals surface area contributed by atoms with Crippen molar-refractivity contribution in [1.29, 1.82) is 0 Å². The number of hydrogen-bond acceptors (Lipinski definition) is 3. The summed E-state index contributed by atoms with van der Waals surface area (Å²) in [4.78, 5) is 23.3. The van der Waals surface area contributed by atoms with E-state index in [-0.39, 0.29) is 23.5 Å². The van der Waals surface area contributed by atoms with Crippen LogP contribution in [-0.2, 0) is 16.6 Å². The highest BCUT2D eigenvalue weighted by Crippen LogP contribution is 2.45. The average Bonchev–Trinajstić information content (AvgIpc) is 2.52. The van der Waals surface area contributed by atoms with Crippen LogP contribution in [0, 0.1) is 15.9 Å². The van der Waals surface area contributed by atoms with Crippen molar-refractivity contribution in [2.24, 2.45) is 0 Å². The molecule has 6 heteroatoms. The van der Waals surface area contributed by atoms with Gasteiger partial charge in [0.15, 0.2) is 0 Å². The van der Waals surface area contributed by atoms with Crippen molar-refractivity contribution in [3.05, 3.63) is 75.1 Å². The fraction of sp³-hybridized carbons (Fsp3) is 0.316. The minimum absolute atomic E-state index is 0.0218. The first-order valence-corrected chi connectivity index (χ1v) is 8.34. The van der Waals surface area contributed by atoms with E-state index < -0.39 is 10.3 Å². The lowest BCUT2D eigenvalue weighted by Gasteiger charge is -2.43. The molecule has 2 aromatic rings. The van der Waals surface area contributed by atoms with E-state index in [9.17, 15) is 19.3 Å². The summed E-state index contributed by atoms with van der Waals surface area (Å²) in [6.07, 6.45) is 3.06. The van der Waals surface area contributed by atoms with Crippen LogP contribution in [0.2, 0.25) is 0 Å². The van der Waals surface area contributed by atoms with Gasteiger partial charge in [0.05, 0.1) is 16.4 Å². The molecule has 0 saturated heterocycles. The summed E-state index contributed by atoms with van der Waals surface area (Å²) in [7, 11) is 0. The Morgan fingerprint density at radius 2 is 1.92 bits per heavy atom. The summed E-state index contributed by atoms with van der Waals surface area (Å²) in [5, 5.41) is 13.9. The van der Waals surface area contributed by atoms with Crippen LogP contribution in [0.1, 0.15) is 42.0 Å². The number of benzene rings is 2. The third-order valence-electron chi connectivity index (χ3n) is 5.48. The molecular weight excluding hydrogens is 323 g/mol. The summed E-state index contributed by atoms with van der Waals surface area (Å²) in [6.45, 7) is 0. The number of carbonyl (C=O) groups excluding carboxylic acids is 1. The number of nitrogens with one attached hydrogen (secondary N) is 1. The number of rotatable bonds is 4. The molecule has 5 nitrogen and oxygen atoms in total. The van der Waals surface area contributed by atoms with Crippen LogP contribution in [0.3, 0.4) is 0 Å². The highest BCUT2D eigenvalue weighted by atomic mass is 19.1. The molecule has 2 aliphatic carbocycles. The molecule has 1 fully saturated rings. The smallest absolute Gasteiger partial charge is 0.269 e. The van der Waals surface area contributed by atoms with E-state index in [1.165, 1.54) is 24.3 Å². The molecule has 0 aromatic heterocycles. The molecule has 2 aliphatic rings. The van der Waals surface area contributed by atoms with Crippen molar-refractivity contribution in [3.63, 3.8) is 0 Å². The Morgan fingerprint density at radius 3 is 2.48 bits per heavy atom. The molecule has 0 radical (unpaired) electrons. The number of fused-ring (bicyclic) bond motifs is 1. The highest BCUT2D eigenvalue weighted by molar-refractivity contribution is 5.90.